The van der Waals surface area contributed by atoms with Crippen LogP contribution < -0.4 is 0 Å². The van der Waals surface area contributed by atoms with E-state index in [2.05, 4.69) is 20.9 Å². The topological polar surface area (TPSA) is 47.0 Å². The van der Waals surface area contributed by atoms with Crippen molar-refractivity contribution in [3.63, 3.8) is 0 Å². The van der Waals surface area contributed by atoms with Gasteiger partial charge in [0, 0.05) is 22.4 Å². The van der Waals surface area contributed by atoms with E-state index >= 15 is 0 Å². The first-order valence-corrected chi connectivity index (χ1v) is 6.73. The van der Waals surface area contributed by atoms with Gasteiger partial charge in [-0.3, -0.25) is 0 Å². The number of hydrogen-bond donors (Lipinski definition) is 0. The fourth-order valence-electron chi connectivity index (χ4n) is 0.959. The Labute approximate surface area is 98.0 Å². The lowest BCUT2D eigenvalue weighted by atomic mass is 10.2. The molecule has 0 unspecified atom stereocenters. The van der Waals surface area contributed by atoms with Crippen LogP contribution in [-0.4, -0.2) is 13.4 Å². The molecule has 15 heavy (non-hydrogen) atoms. The lowest BCUT2D eigenvalue weighted by Gasteiger charge is -2.08. The molecule has 0 aliphatic heterocycles. The Morgan fingerprint density at radius 2 is 2.07 bits per heavy atom. The maximum Gasteiger partial charge on any atom is 0.279 e. The van der Waals surface area contributed by atoms with Gasteiger partial charge in [-0.2, -0.15) is 0 Å². The molecule has 0 aliphatic rings. The number of rotatable bonds is 2. The summed E-state index contributed by atoms with van der Waals surface area (Å²) in [7, 11) is 1.03. The molecule has 0 amide bonds. The van der Waals surface area contributed by atoms with Gasteiger partial charge in [0.15, 0.2) is 5.03 Å². The summed E-state index contributed by atoms with van der Waals surface area (Å²) >= 11 is 2.88. The van der Waals surface area contributed by atoms with Gasteiger partial charge in [-0.05, 0) is 28.4 Å². The quantitative estimate of drug-likeness (QED) is 0.787. The number of nitrogens with zero attached hydrogens (tertiary/aromatic N) is 1. The van der Waals surface area contributed by atoms with Crippen LogP contribution in [0.5, 0.6) is 0 Å². The minimum Gasteiger partial charge on any atom is -0.242 e. The van der Waals surface area contributed by atoms with Crippen LogP contribution in [0.3, 0.4) is 0 Å². The Kier molecular flexibility index (Phi) is 3.67. The predicted molar refractivity (Wildman–Crippen MR) is 54.7 cm³/mol. The molecule has 0 saturated carbocycles. The first-order valence-electron chi connectivity index (χ1n) is 3.63. The van der Waals surface area contributed by atoms with Crippen molar-refractivity contribution in [3.8, 4) is 0 Å². The van der Waals surface area contributed by atoms with Crippen molar-refractivity contribution < 1.29 is 17.2 Å². The average molecular weight is 321 g/mol. The molecule has 0 aliphatic carbocycles. The summed E-state index contributed by atoms with van der Waals surface area (Å²) in [5.41, 5.74) is -0.217. The Bertz CT molecular complexity index is 492. The molecule has 0 atom stereocenters. The van der Waals surface area contributed by atoms with E-state index in [4.69, 9.17) is 10.7 Å². The van der Waals surface area contributed by atoms with Gasteiger partial charge in [-0.1, -0.05) is 0 Å². The molecule has 84 valence electrons. The van der Waals surface area contributed by atoms with Gasteiger partial charge in [-0.25, -0.2) is 22.2 Å². The minimum atomic E-state index is -4.03. The molecule has 1 rings (SSSR count). The predicted octanol–water partition coefficient (Wildman–Crippen LogP) is 3.02. The molecular weight excluding hydrogens is 316 g/mol. The van der Waals surface area contributed by atoms with Crippen molar-refractivity contribution in [2.45, 2.75) is 18.4 Å². The van der Waals surface area contributed by atoms with E-state index in [1.165, 1.54) is 6.92 Å². The summed E-state index contributed by atoms with van der Waals surface area (Å²) < 4.78 is 46.7. The average Bonchev–Trinajstić information content (AvgIpc) is 2.06. The van der Waals surface area contributed by atoms with Crippen molar-refractivity contribution in [3.05, 3.63) is 21.8 Å². The van der Waals surface area contributed by atoms with Crippen LogP contribution >= 0.6 is 26.6 Å². The van der Waals surface area contributed by atoms with Gasteiger partial charge in [0.1, 0.15) is 0 Å². The summed E-state index contributed by atoms with van der Waals surface area (Å²) in [6.45, 7) is 1.36. The van der Waals surface area contributed by atoms with E-state index in [1.54, 1.807) is 0 Å². The zero-order valence-corrected chi connectivity index (χ0v) is 10.5. The standard InChI is InChI=1S/C7H5BrClF2NO2S/c1-3-4(6(10)11)2-12-7(5(3)8)15(9,13)14/h2,6H,1H3. The third kappa shape index (κ3) is 2.64. The summed E-state index contributed by atoms with van der Waals surface area (Å²) in [5.74, 6) is 0. The van der Waals surface area contributed by atoms with Crippen LogP contribution in [0.1, 0.15) is 17.6 Å². The first kappa shape index (κ1) is 12.8. The second-order valence-corrected chi connectivity index (χ2v) is 5.97. The van der Waals surface area contributed by atoms with Crippen LogP contribution in [0.2, 0.25) is 0 Å². The Hall–Kier alpha value is -0.270. The highest BCUT2D eigenvalue weighted by Gasteiger charge is 2.22. The maximum atomic E-state index is 12.4. The van der Waals surface area contributed by atoms with Crippen molar-refractivity contribution >= 4 is 35.7 Å². The second kappa shape index (κ2) is 4.31. The highest BCUT2D eigenvalue weighted by Crippen LogP contribution is 2.32. The normalized spacial score (nSPS) is 12.1. The smallest absolute Gasteiger partial charge is 0.242 e. The molecule has 0 bridgehead atoms. The van der Waals surface area contributed by atoms with Crippen LogP contribution in [0, 0.1) is 6.92 Å². The van der Waals surface area contributed by atoms with E-state index in [-0.39, 0.29) is 15.6 Å². The Morgan fingerprint density at radius 3 is 2.47 bits per heavy atom. The lowest BCUT2D eigenvalue weighted by Crippen LogP contribution is -2.01. The second-order valence-electron chi connectivity index (χ2n) is 2.70. The third-order valence-electron chi connectivity index (χ3n) is 1.74. The summed E-state index contributed by atoms with van der Waals surface area (Å²) in [5, 5.41) is -0.453. The van der Waals surface area contributed by atoms with Crippen molar-refractivity contribution in [2.75, 3.05) is 0 Å². The molecular formula is C7H5BrClF2NO2S. The SMILES string of the molecule is Cc1c(C(F)F)cnc(S(=O)(=O)Cl)c1Br. The molecule has 0 fully saturated rings. The van der Waals surface area contributed by atoms with Crippen molar-refractivity contribution in [1.82, 2.24) is 4.98 Å². The van der Waals surface area contributed by atoms with E-state index in [0.29, 0.717) is 0 Å². The van der Waals surface area contributed by atoms with Crippen LogP contribution in [0.4, 0.5) is 8.78 Å². The summed E-state index contributed by atoms with van der Waals surface area (Å²) in [4.78, 5) is 3.38. The Morgan fingerprint density at radius 1 is 1.53 bits per heavy atom. The van der Waals surface area contributed by atoms with Gasteiger partial charge >= 0.3 is 0 Å². The monoisotopic (exact) mass is 319 g/mol. The molecule has 0 N–H and O–H groups in total. The minimum absolute atomic E-state index is 0.0321. The maximum absolute atomic E-state index is 12.4. The summed E-state index contributed by atoms with van der Waals surface area (Å²) in [6, 6.07) is 0. The largest absolute Gasteiger partial charge is 0.279 e. The van der Waals surface area contributed by atoms with Gasteiger partial charge in [0.2, 0.25) is 0 Å². The molecule has 1 aromatic rings. The summed E-state index contributed by atoms with van der Waals surface area (Å²) in [6.07, 6.45) is -1.90. The van der Waals surface area contributed by atoms with Gasteiger partial charge in [-0.15, -0.1) is 0 Å². The van der Waals surface area contributed by atoms with E-state index in [1.807, 2.05) is 0 Å². The van der Waals surface area contributed by atoms with Crippen LogP contribution in [0.15, 0.2) is 15.7 Å². The van der Waals surface area contributed by atoms with Gasteiger partial charge in [0.05, 0.1) is 4.47 Å². The number of aromatic nitrogens is 1. The number of halogens is 4. The molecule has 0 radical (unpaired) electrons. The number of hydrogen-bond acceptors (Lipinski definition) is 3. The molecule has 0 aromatic carbocycles. The van der Waals surface area contributed by atoms with Crippen LogP contribution in [0.25, 0.3) is 0 Å². The molecule has 0 saturated heterocycles. The number of alkyl halides is 2. The molecule has 1 heterocycles. The molecule has 0 spiro atoms. The van der Waals surface area contributed by atoms with E-state index in [9.17, 15) is 17.2 Å². The first-order chi connectivity index (χ1) is 6.75. The van der Waals surface area contributed by atoms with E-state index in [0.717, 1.165) is 6.20 Å². The third-order valence-corrected chi connectivity index (χ3v) is 4.18. The fraction of sp³-hybridized carbons (Fsp3) is 0.286. The highest BCUT2D eigenvalue weighted by molar-refractivity contribution is 9.10. The molecule has 1 aromatic heterocycles. The van der Waals surface area contributed by atoms with Crippen LogP contribution in [-0.2, 0) is 9.05 Å². The number of pyridine rings is 1. The highest BCUT2D eigenvalue weighted by atomic mass is 79.9. The Balaban J connectivity index is 3.48. The van der Waals surface area contributed by atoms with E-state index < -0.39 is 20.5 Å². The zero-order chi connectivity index (χ0) is 11.8. The van der Waals surface area contributed by atoms with Gasteiger partial charge < -0.3 is 0 Å². The fourth-order valence-corrected chi connectivity index (χ4v) is 3.11. The van der Waals surface area contributed by atoms with Crippen molar-refractivity contribution in [2.24, 2.45) is 0 Å². The lowest BCUT2D eigenvalue weighted by molar-refractivity contribution is 0.150. The van der Waals surface area contributed by atoms with Gasteiger partial charge in [0.25, 0.3) is 15.5 Å². The molecule has 8 heteroatoms. The zero-order valence-electron chi connectivity index (χ0n) is 7.34. The molecule has 3 nitrogen and oxygen atoms in total. The van der Waals surface area contributed by atoms with Crippen molar-refractivity contribution in [1.29, 1.82) is 0 Å².